The van der Waals surface area contributed by atoms with E-state index < -0.39 is 0 Å². The highest BCUT2D eigenvalue weighted by molar-refractivity contribution is 4.67. The van der Waals surface area contributed by atoms with E-state index in [2.05, 4.69) is 95.8 Å². The van der Waals surface area contributed by atoms with Crippen molar-refractivity contribution in [3.05, 3.63) is 0 Å². The van der Waals surface area contributed by atoms with Crippen molar-refractivity contribution in [2.45, 2.75) is 690 Å². The van der Waals surface area contributed by atoms with E-state index in [1.165, 1.54) is 559 Å². The summed E-state index contributed by atoms with van der Waals surface area (Å²) in [4.78, 5) is 0. The summed E-state index contributed by atoms with van der Waals surface area (Å²) >= 11 is 0. The summed E-state index contributed by atoms with van der Waals surface area (Å²) < 4.78 is 0. The zero-order chi connectivity index (χ0) is 93.5. The zero-order valence-corrected chi connectivity index (χ0v) is 89.7. The van der Waals surface area contributed by atoms with Crippen LogP contribution in [0.4, 0.5) is 0 Å². The Balaban J connectivity index is -0.000000494. The number of hydrogen-bond acceptors (Lipinski definition) is 10. The zero-order valence-electron chi connectivity index (χ0n) is 89.7. The first kappa shape index (κ1) is 135. The molecule has 10 N–H and O–H groups in total. The van der Waals surface area contributed by atoms with Crippen molar-refractivity contribution in [3.63, 3.8) is 0 Å². The lowest BCUT2D eigenvalue weighted by Gasteiger charge is -2.11. The minimum Gasteiger partial charge on any atom is -0.392 e. The van der Waals surface area contributed by atoms with Gasteiger partial charge in [-0.2, -0.15) is 0 Å². The first-order valence-electron chi connectivity index (χ1n) is 59.5. The van der Waals surface area contributed by atoms with Crippen LogP contribution >= 0.6 is 0 Å². The molecule has 0 aliphatic carbocycles. The van der Waals surface area contributed by atoms with Crippen LogP contribution in [0.2, 0.25) is 0 Å². The molecule has 0 saturated heterocycles. The van der Waals surface area contributed by atoms with E-state index in [0.717, 1.165) is 97.6 Å². The normalized spacial score (nSPS) is 12.6. The third-order valence-corrected chi connectivity index (χ3v) is 26.6. The number of hydrogen-bond donors (Lipinski definition) is 10. The van der Waals surface area contributed by atoms with Gasteiger partial charge < -0.3 is 52.1 Å². The van der Waals surface area contributed by atoms with Gasteiger partial charge in [0.25, 0.3) is 0 Å². The number of unbranched alkanes of at least 4 members (excludes halogenated alkanes) is 77. The van der Waals surface area contributed by atoms with Crippen LogP contribution < -0.4 is 26.6 Å². The molecule has 0 aromatic rings. The molecule has 5 atom stereocenters. The SMILES string of the molecule is CCCCCCCCCC(O)CNCCCCCC.CCCCCCCCCC(O)CNCCCCCCCC.CCCCCCCCCCCCCCCCNCC(O)CCCCCCCCCCC.CCCCCCCCCCCCCCNCC(O)CCCCCCCCCCC.CCCCCCCCCCCCNCC(O)CCCCCCCCCCC. The largest absolute Gasteiger partial charge is 0.392 e. The van der Waals surface area contributed by atoms with Gasteiger partial charge in [-0.15, -0.1) is 0 Å². The first-order chi connectivity index (χ1) is 62.5. The van der Waals surface area contributed by atoms with E-state index >= 15 is 0 Å². The molecule has 0 radical (unpaired) electrons. The van der Waals surface area contributed by atoms with Crippen LogP contribution in [0.25, 0.3) is 0 Å². The minimum atomic E-state index is -0.142. The molecule has 127 heavy (non-hydrogen) atoms. The molecule has 0 heterocycles. The van der Waals surface area contributed by atoms with Crippen molar-refractivity contribution < 1.29 is 25.5 Å². The van der Waals surface area contributed by atoms with Crippen LogP contribution in [0.3, 0.4) is 0 Å². The van der Waals surface area contributed by atoms with Crippen LogP contribution in [-0.4, -0.2) is 122 Å². The molecular weight excluding hydrogens is 1560 g/mol. The number of aliphatic hydroxyl groups excluding tert-OH is 5. The molecule has 10 nitrogen and oxygen atoms in total. The van der Waals surface area contributed by atoms with Crippen molar-refractivity contribution >= 4 is 0 Å². The van der Waals surface area contributed by atoms with Gasteiger partial charge in [-0.25, -0.2) is 0 Å². The van der Waals surface area contributed by atoms with Gasteiger partial charge in [-0.05, 0) is 96.9 Å². The molecule has 0 fully saturated rings. The fourth-order valence-corrected chi connectivity index (χ4v) is 17.6. The smallest absolute Gasteiger partial charge is 0.0664 e. The van der Waals surface area contributed by atoms with Crippen molar-refractivity contribution in [3.8, 4) is 0 Å². The predicted molar refractivity (Wildman–Crippen MR) is 576 cm³/mol. The third kappa shape index (κ3) is 141. The van der Waals surface area contributed by atoms with E-state index in [4.69, 9.17) is 0 Å². The molecule has 0 aliphatic heterocycles. The topological polar surface area (TPSA) is 161 Å². The lowest BCUT2D eigenvalue weighted by Crippen LogP contribution is -2.27. The molecule has 10 heteroatoms. The first-order valence-corrected chi connectivity index (χ1v) is 59.5. The number of nitrogens with one attached hydrogen (secondary N) is 5. The average Bonchev–Trinajstić information content (AvgIpc) is 1.06. The fourth-order valence-electron chi connectivity index (χ4n) is 17.6. The number of aliphatic hydroxyl groups is 5. The molecular formula is C117H249N5O5. The van der Waals surface area contributed by atoms with Crippen LogP contribution in [0, 0.1) is 0 Å². The van der Waals surface area contributed by atoms with E-state index in [1.54, 1.807) is 0 Å². The average molecular weight is 1810 g/mol. The summed E-state index contributed by atoms with van der Waals surface area (Å²) in [5.41, 5.74) is 0. The van der Waals surface area contributed by atoms with Crippen molar-refractivity contribution in [2.75, 3.05) is 65.4 Å². The second kappa shape index (κ2) is 132. The maximum absolute atomic E-state index is 10.1. The second-order valence-electron chi connectivity index (χ2n) is 40.5. The Morgan fingerprint density at radius 2 is 0.189 bits per heavy atom. The molecule has 0 bridgehead atoms. The summed E-state index contributed by atoms with van der Waals surface area (Å²) in [5.74, 6) is 0. The number of rotatable bonds is 107. The van der Waals surface area contributed by atoms with Gasteiger partial charge in [0.05, 0.1) is 30.5 Å². The maximum Gasteiger partial charge on any atom is 0.0664 e. The van der Waals surface area contributed by atoms with Crippen molar-refractivity contribution in [2.24, 2.45) is 0 Å². The molecule has 0 amide bonds. The Hall–Kier alpha value is -0.400. The van der Waals surface area contributed by atoms with E-state index in [1.807, 2.05) is 0 Å². The lowest BCUT2D eigenvalue weighted by atomic mass is 10.0. The molecule has 0 aromatic heterocycles. The van der Waals surface area contributed by atoms with Gasteiger partial charge in [-0.1, -0.05) is 596 Å². The summed E-state index contributed by atoms with van der Waals surface area (Å²) in [6, 6.07) is 0. The fraction of sp³-hybridized carbons (Fsp3) is 1.00. The van der Waals surface area contributed by atoms with E-state index in [-0.39, 0.29) is 30.5 Å². The Labute approximate surface area is 803 Å². The van der Waals surface area contributed by atoms with Gasteiger partial charge in [-0.3, -0.25) is 0 Å². The molecule has 0 aliphatic rings. The molecule has 0 aromatic carbocycles. The Morgan fingerprint density at radius 3 is 0.291 bits per heavy atom. The summed E-state index contributed by atoms with van der Waals surface area (Å²) in [6.07, 6.45) is 123. The Bertz CT molecular complexity index is 1750. The van der Waals surface area contributed by atoms with Gasteiger partial charge in [0.2, 0.25) is 0 Å². The Kier molecular flexibility index (Phi) is 140. The predicted octanol–water partition coefficient (Wildman–Crippen LogP) is 35.8. The lowest BCUT2D eigenvalue weighted by molar-refractivity contribution is 0.157. The highest BCUT2D eigenvalue weighted by Crippen LogP contribution is 2.20. The highest BCUT2D eigenvalue weighted by atomic mass is 16.3. The maximum atomic E-state index is 10.1. The van der Waals surface area contributed by atoms with Crippen LogP contribution in [0.15, 0.2) is 0 Å². The molecule has 0 spiro atoms. The van der Waals surface area contributed by atoms with Crippen LogP contribution in [0.5, 0.6) is 0 Å². The molecule has 0 rings (SSSR count). The van der Waals surface area contributed by atoms with Crippen molar-refractivity contribution in [1.82, 2.24) is 26.6 Å². The van der Waals surface area contributed by atoms with Gasteiger partial charge >= 0.3 is 0 Å². The van der Waals surface area contributed by atoms with Gasteiger partial charge in [0, 0.05) is 32.7 Å². The van der Waals surface area contributed by atoms with Crippen LogP contribution in [-0.2, 0) is 0 Å². The second-order valence-corrected chi connectivity index (χ2v) is 40.5. The monoisotopic (exact) mass is 1800 g/mol. The minimum absolute atomic E-state index is 0.137. The summed E-state index contributed by atoms with van der Waals surface area (Å²) in [6.45, 7) is 32.0. The molecule has 0 saturated carbocycles. The van der Waals surface area contributed by atoms with Gasteiger partial charge in [0.15, 0.2) is 0 Å². The van der Waals surface area contributed by atoms with Gasteiger partial charge in [0.1, 0.15) is 0 Å². The molecule has 5 unspecified atom stereocenters. The summed E-state index contributed by atoms with van der Waals surface area (Å²) in [5, 5.41) is 67.1. The Morgan fingerprint density at radius 1 is 0.110 bits per heavy atom. The third-order valence-electron chi connectivity index (χ3n) is 26.6. The van der Waals surface area contributed by atoms with Crippen LogP contribution in [0.1, 0.15) is 660 Å². The highest BCUT2D eigenvalue weighted by Gasteiger charge is 2.10. The quantitative estimate of drug-likeness (QED) is 0.0266. The summed E-state index contributed by atoms with van der Waals surface area (Å²) in [7, 11) is 0. The van der Waals surface area contributed by atoms with E-state index in [0.29, 0.717) is 0 Å². The van der Waals surface area contributed by atoms with E-state index in [9.17, 15) is 25.5 Å². The van der Waals surface area contributed by atoms with Crippen molar-refractivity contribution in [1.29, 1.82) is 0 Å². The standard InChI is InChI=1S/C29H61NO.C27H57NO.C25H53NO.C19H41NO.C17H37NO/c1-3-5-7-9-11-13-14-15-16-17-19-21-23-25-27-30-28-29(31)26-24-22-20-18-12-10-8-6-4-2;1-3-5-7-9-11-13-14-15-17-19-21-23-25-28-26-27(29)24-22-20-18-16-12-10-8-6-4-2;1-3-5-7-9-11-13-15-17-19-21-23-26-24-25(27)22-20-18-16-14-12-10-8-6-4-2;1-3-5-7-9-11-12-14-16-19(21)18-20-17-15-13-10-8-6-4-2;1-3-5-7-9-10-11-12-14-17(19)16-18-15-13-8-6-4-2/h29-31H,3-28H2,1-2H3;27-29H,3-26H2,1-2H3;25-27H,3-24H2,1-2H3;19-21H,3-18H2,1-2H3;17-19H,3-16H2,1-2H3. The molecule has 772 valence electrons.